The van der Waals surface area contributed by atoms with Gasteiger partial charge in [-0.3, -0.25) is 9.59 Å². The maximum absolute atomic E-state index is 11.9. The average molecular weight is 605 g/mol. The summed E-state index contributed by atoms with van der Waals surface area (Å²) in [5.41, 5.74) is 0. The summed E-state index contributed by atoms with van der Waals surface area (Å²) in [5.74, 6) is -0.648. The Kier molecular flexibility index (Phi) is 31.1. The molecule has 0 aliphatic carbocycles. The first-order chi connectivity index (χ1) is 21.0. The van der Waals surface area contributed by atoms with Crippen molar-refractivity contribution in [2.24, 2.45) is 0 Å². The van der Waals surface area contributed by atoms with Crippen molar-refractivity contribution in [3.8, 4) is 0 Å². The van der Waals surface area contributed by atoms with Crippen LogP contribution in [0.4, 0.5) is 0 Å². The van der Waals surface area contributed by atoms with Crippen molar-refractivity contribution in [1.29, 1.82) is 0 Å². The molecule has 0 saturated carbocycles. The number of esters is 2. The van der Waals surface area contributed by atoms with Crippen LogP contribution in [0, 0.1) is 0 Å². The van der Waals surface area contributed by atoms with E-state index in [4.69, 9.17) is 9.47 Å². The Hall–Kier alpha value is -2.18. The van der Waals surface area contributed by atoms with E-state index in [1.807, 2.05) is 6.92 Å². The first-order valence-corrected chi connectivity index (χ1v) is 17.2. The van der Waals surface area contributed by atoms with Gasteiger partial charge in [0.2, 0.25) is 0 Å². The summed E-state index contributed by atoms with van der Waals surface area (Å²) in [6.45, 7) is 3.78. The monoisotopic (exact) mass is 604 g/mol. The first kappa shape index (κ1) is 40.8. The lowest BCUT2D eigenvalue weighted by Crippen LogP contribution is -2.25. The number of aliphatic hydroxyl groups excluding tert-OH is 2. The van der Waals surface area contributed by atoms with E-state index < -0.39 is 6.10 Å². The second kappa shape index (κ2) is 32.7. The molecule has 0 aromatic heterocycles. The Bertz CT molecular complexity index is 752. The van der Waals surface area contributed by atoms with Gasteiger partial charge in [0.1, 0.15) is 19.3 Å². The van der Waals surface area contributed by atoms with Crippen LogP contribution in [0.2, 0.25) is 0 Å². The van der Waals surface area contributed by atoms with E-state index in [2.05, 4.69) is 55.5 Å². The number of unbranched alkanes of at least 4 members (excludes halogenated alkanes) is 12. The van der Waals surface area contributed by atoms with Gasteiger partial charge in [-0.1, -0.05) is 120 Å². The number of aliphatic hydroxyl groups is 2. The molecule has 6 heteroatoms. The van der Waals surface area contributed by atoms with Gasteiger partial charge in [0.15, 0.2) is 0 Å². The van der Waals surface area contributed by atoms with Crippen molar-refractivity contribution in [3.63, 3.8) is 0 Å². The highest BCUT2D eigenvalue weighted by atomic mass is 16.6. The van der Waals surface area contributed by atoms with Crippen molar-refractivity contribution in [3.05, 3.63) is 48.6 Å². The lowest BCUT2D eigenvalue weighted by molar-refractivity contribution is -0.152. The molecule has 0 saturated heterocycles. The predicted octanol–water partition coefficient (Wildman–Crippen LogP) is 9.25. The van der Waals surface area contributed by atoms with Crippen molar-refractivity contribution in [2.75, 3.05) is 13.2 Å². The molecule has 6 nitrogen and oxygen atoms in total. The second-order valence-corrected chi connectivity index (χ2v) is 11.6. The van der Waals surface area contributed by atoms with Gasteiger partial charge in [-0.2, -0.15) is 0 Å². The Labute approximate surface area is 263 Å². The summed E-state index contributed by atoms with van der Waals surface area (Å²) in [5, 5.41) is 19.2. The molecule has 248 valence electrons. The van der Waals surface area contributed by atoms with Gasteiger partial charge in [-0.15, -0.1) is 0 Å². The standard InChI is InChI=1S/C37H64O6/c1-3-4-5-6-7-8-14-18-21-24-27-30-36(40)42-32-35(39)33-43-37(41)31-28-25-22-19-16-13-11-9-10-12-15-17-20-23-26-29-34(2)38/h10-13,17,19-20,22,34-35,38-39H,3-9,14-16,18,21,23-33H2,1-2H3/b12-10-,13-11-,20-17-,22-19-/t34-,35+/m1/s1. The molecule has 0 rings (SSSR count). The van der Waals surface area contributed by atoms with Crippen molar-refractivity contribution < 1.29 is 29.3 Å². The fourth-order valence-corrected chi connectivity index (χ4v) is 4.45. The maximum Gasteiger partial charge on any atom is 0.305 e. The molecule has 2 atom stereocenters. The van der Waals surface area contributed by atoms with E-state index >= 15 is 0 Å². The summed E-state index contributed by atoms with van der Waals surface area (Å²) in [7, 11) is 0. The molecule has 0 heterocycles. The summed E-state index contributed by atoms with van der Waals surface area (Å²) < 4.78 is 10.2. The number of allylic oxidation sites excluding steroid dienone is 8. The quantitative estimate of drug-likeness (QED) is 0.0482. The molecular weight excluding hydrogens is 540 g/mol. The zero-order chi connectivity index (χ0) is 31.6. The van der Waals surface area contributed by atoms with Crippen LogP contribution < -0.4 is 0 Å². The Morgan fingerprint density at radius 2 is 0.953 bits per heavy atom. The smallest absolute Gasteiger partial charge is 0.305 e. The number of rotatable bonds is 30. The molecule has 0 bridgehead atoms. The zero-order valence-corrected chi connectivity index (χ0v) is 27.6. The second-order valence-electron chi connectivity index (χ2n) is 11.6. The van der Waals surface area contributed by atoms with Gasteiger partial charge < -0.3 is 19.7 Å². The molecule has 2 N–H and O–H groups in total. The molecule has 43 heavy (non-hydrogen) atoms. The molecule has 0 aliphatic heterocycles. The van der Waals surface area contributed by atoms with E-state index in [-0.39, 0.29) is 31.3 Å². The lowest BCUT2D eigenvalue weighted by atomic mass is 10.1. The van der Waals surface area contributed by atoms with Crippen LogP contribution in [-0.4, -0.2) is 47.6 Å². The molecule has 0 amide bonds. The summed E-state index contributed by atoms with van der Waals surface area (Å²) in [6, 6.07) is 0. The number of hydrogen-bond acceptors (Lipinski definition) is 6. The van der Waals surface area contributed by atoms with Gasteiger partial charge >= 0.3 is 11.9 Å². The molecule has 0 fully saturated rings. The number of ether oxygens (including phenoxy) is 2. The van der Waals surface area contributed by atoms with E-state index in [9.17, 15) is 19.8 Å². The minimum absolute atomic E-state index is 0.140. The highest BCUT2D eigenvalue weighted by molar-refractivity contribution is 5.69. The van der Waals surface area contributed by atoms with Crippen molar-refractivity contribution >= 4 is 11.9 Å². The van der Waals surface area contributed by atoms with Crippen LogP contribution in [0.5, 0.6) is 0 Å². The van der Waals surface area contributed by atoms with E-state index in [0.717, 1.165) is 64.2 Å². The Balaban J connectivity index is 3.58. The van der Waals surface area contributed by atoms with Gasteiger partial charge in [0.25, 0.3) is 0 Å². The van der Waals surface area contributed by atoms with Crippen LogP contribution in [0.25, 0.3) is 0 Å². The third kappa shape index (κ3) is 34.2. The maximum atomic E-state index is 11.9. The first-order valence-electron chi connectivity index (χ1n) is 17.2. The minimum atomic E-state index is -0.991. The summed E-state index contributed by atoms with van der Waals surface area (Å²) in [6.07, 6.45) is 37.2. The highest BCUT2D eigenvalue weighted by Gasteiger charge is 2.11. The van der Waals surface area contributed by atoms with E-state index in [0.29, 0.717) is 19.3 Å². The number of carbonyl (C=O) groups is 2. The molecular formula is C37H64O6. The van der Waals surface area contributed by atoms with Crippen LogP contribution >= 0.6 is 0 Å². The van der Waals surface area contributed by atoms with E-state index in [1.165, 1.54) is 51.4 Å². The van der Waals surface area contributed by atoms with Crippen LogP contribution in [0.3, 0.4) is 0 Å². The normalized spacial score (nSPS) is 13.5. The topological polar surface area (TPSA) is 93.1 Å². The molecule has 0 aromatic rings. The van der Waals surface area contributed by atoms with Gasteiger partial charge in [-0.05, 0) is 64.7 Å². The predicted molar refractivity (Wildman–Crippen MR) is 179 cm³/mol. The highest BCUT2D eigenvalue weighted by Crippen LogP contribution is 2.12. The third-order valence-electron chi connectivity index (χ3n) is 7.09. The molecule has 0 aromatic carbocycles. The van der Waals surface area contributed by atoms with Gasteiger partial charge in [0, 0.05) is 12.8 Å². The number of hydrogen-bond donors (Lipinski definition) is 2. The Morgan fingerprint density at radius 3 is 1.42 bits per heavy atom. The van der Waals surface area contributed by atoms with Crippen molar-refractivity contribution in [2.45, 2.75) is 161 Å². The zero-order valence-electron chi connectivity index (χ0n) is 27.6. The summed E-state index contributed by atoms with van der Waals surface area (Å²) in [4.78, 5) is 23.8. The van der Waals surface area contributed by atoms with Crippen molar-refractivity contribution in [1.82, 2.24) is 0 Å². The average Bonchev–Trinajstić information content (AvgIpc) is 2.99. The lowest BCUT2D eigenvalue weighted by Gasteiger charge is -2.12. The Morgan fingerprint density at radius 1 is 0.558 bits per heavy atom. The molecule has 0 spiro atoms. The SMILES string of the molecule is CCCCCCCCCCCCCC(=O)OC[C@H](O)COC(=O)CCC/C=C\C/C=C\C/C=C\C/C=C\CCC[C@@H](C)O. The van der Waals surface area contributed by atoms with Crippen LogP contribution in [0.15, 0.2) is 48.6 Å². The van der Waals surface area contributed by atoms with Gasteiger partial charge in [0.05, 0.1) is 6.10 Å². The minimum Gasteiger partial charge on any atom is -0.463 e. The molecule has 0 aliphatic rings. The van der Waals surface area contributed by atoms with Crippen LogP contribution in [-0.2, 0) is 19.1 Å². The molecule has 0 unspecified atom stereocenters. The third-order valence-corrected chi connectivity index (χ3v) is 7.09. The largest absolute Gasteiger partial charge is 0.463 e. The van der Waals surface area contributed by atoms with Crippen LogP contribution in [0.1, 0.15) is 149 Å². The fourth-order valence-electron chi connectivity index (χ4n) is 4.45. The molecule has 0 radical (unpaired) electrons. The summed E-state index contributed by atoms with van der Waals surface area (Å²) >= 11 is 0. The van der Waals surface area contributed by atoms with Gasteiger partial charge in [-0.25, -0.2) is 0 Å². The number of carbonyl (C=O) groups excluding carboxylic acids is 2. The van der Waals surface area contributed by atoms with E-state index in [1.54, 1.807) is 0 Å². The fraction of sp³-hybridized carbons (Fsp3) is 0.730.